The molecule has 0 spiro atoms. The van der Waals surface area contributed by atoms with Crippen molar-refractivity contribution >= 4 is 17.1 Å². The van der Waals surface area contributed by atoms with Crippen molar-refractivity contribution in [3.05, 3.63) is 71.4 Å². The SMILES string of the molecule is C/C(=C/C(C)=N/c1cc(C)ccc1C)Nc1ccccc1. The van der Waals surface area contributed by atoms with E-state index < -0.39 is 0 Å². The Morgan fingerprint density at radius 2 is 1.71 bits per heavy atom. The van der Waals surface area contributed by atoms with Crippen molar-refractivity contribution in [2.45, 2.75) is 27.7 Å². The highest BCUT2D eigenvalue weighted by molar-refractivity contribution is 5.95. The smallest absolute Gasteiger partial charge is 0.0664 e. The maximum atomic E-state index is 4.70. The quantitative estimate of drug-likeness (QED) is 0.743. The van der Waals surface area contributed by atoms with E-state index in [1.165, 1.54) is 11.1 Å². The van der Waals surface area contributed by atoms with Crippen molar-refractivity contribution in [2.75, 3.05) is 5.32 Å². The normalized spacial score (nSPS) is 12.4. The fraction of sp³-hybridized carbons (Fsp3) is 0.211. The van der Waals surface area contributed by atoms with Crippen LogP contribution < -0.4 is 5.32 Å². The lowest BCUT2D eigenvalue weighted by Gasteiger charge is -2.07. The predicted octanol–water partition coefficient (Wildman–Crippen LogP) is 5.41. The third-order valence-electron chi connectivity index (χ3n) is 3.20. The molecule has 0 saturated heterocycles. The van der Waals surface area contributed by atoms with E-state index >= 15 is 0 Å². The second-order valence-electron chi connectivity index (χ2n) is 5.36. The van der Waals surface area contributed by atoms with E-state index in [1.807, 2.05) is 25.1 Å². The highest BCUT2D eigenvalue weighted by Crippen LogP contribution is 2.20. The van der Waals surface area contributed by atoms with Gasteiger partial charge in [-0.15, -0.1) is 0 Å². The maximum Gasteiger partial charge on any atom is 0.0664 e. The molecule has 2 aromatic rings. The lowest BCUT2D eigenvalue weighted by molar-refractivity contribution is 1.34. The van der Waals surface area contributed by atoms with E-state index in [4.69, 9.17) is 4.99 Å². The molecule has 0 saturated carbocycles. The summed E-state index contributed by atoms with van der Waals surface area (Å²) in [5.74, 6) is 0. The van der Waals surface area contributed by atoms with Crippen LogP contribution in [0.2, 0.25) is 0 Å². The van der Waals surface area contributed by atoms with E-state index in [2.05, 4.69) is 62.5 Å². The minimum absolute atomic E-state index is 0.990. The van der Waals surface area contributed by atoms with Crippen LogP contribution in [-0.2, 0) is 0 Å². The third-order valence-corrected chi connectivity index (χ3v) is 3.20. The number of benzene rings is 2. The Kier molecular flexibility index (Phi) is 4.94. The molecule has 0 bridgehead atoms. The number of anilines is 1. The zero-order chi connectivity index (χ0) is 15.2. The van der Waals surface area contributed by atoms with Gasteiger partial charge in [0.05, 0.1) is 5.69 Å². The van der Waals surface area contributed by atoms with Crippen LogP contribution in [0.15, 0.2) is 65.3 Å². The van der Waals surface area contributed by atoms with Crippen molar-refractivity contribution in [3.63, 3.8) is 0 Å². The minimum atomic E-state index is 0.990. The molecule has 0 unspecified atom stereocenters. The number of nitrogens with one attached hydrogen (secondary N) is 1. The summed E-state index contributed by atoms with van der Waals surface area (Å²) in [7, 11) is 0. The molecule has 21 heavy (non-hydrogen) atoms. The van der Waals surface area contributed by atoms with Crippen LogP contribution in [-0.4, -0.2) is 5.71 Å². The molecule has 0 fully saturated rings. The monoisotopic (exact) mass is 278 g/mol. The molecule has 108 valence electrons. The molecular formula is C19H22N2. The summed E-state index contributed by atoms with van der Waals surface area (Å²) in [6.07, 6.45) is 2.06. The molecule has 1 N–H and O–H groups in total. The zero-order valence-corrected chi connectivity index (χ0v) is 13.1. The molecule has 0 aliphatic carbocycles. The fourth-order valence-electron chi connectivity index (χ4n) is 2.16. The molecule has 0 aliphatic rings. The van der Waals surface area contributed by atoms with E-state index in [9.17, 15) is 0 Å². The largest absolute Gasteiger partial charge is 0.359 e. The van der Waals surface area contributed by atoms with Gasteiger partial charge in [0.25, 0.3) is 0 Å². The highest BCUT2D eigenvalue weighted by Gasteiger charge is 1.98. The van der Waals surface area contributed by atoms with Gasteiger partial charge in [0.2, 0.25) is 0 Å². The van der Waals surface area contributed by atoms with Gasteiger partial charge in [-0.05, 0) is 63.1 Å². The molecule has 2 nitrogen and oxygen atoms in total. The minimum Gasteiger partial charge on any atom is -0.359 e. The Morgan fingerprint density at radius 3 is 2.43 bits per heavy atom. The van der Waals surface area contributed by atoms with Gasteiger partial charge in [0.15, 0.2) is 0 Å². The number of para-hydroxylation sites is 1. The van der Waals surface area contributed by atoms with Gasteiger partial charge in [-0.1, -0.05) is 30.3 Å². The lowest BCUT2D eigenvalue weighted by atomic mass is 10.1. The summed E-state index contributed by atoms with van der Waals surface area (Å²) in [5, 5.41) is 3.36. The Balaban J connectivity index is 2.15. The number of allylic oxidation sites excluding steroid dienone is 2. The summed E-state index contributed by atoms with van der Waals surface area (Å²) in [6.45, 7) is 8.25. The van der Waals surface area contributed by atoms with Crippen molar-refractivity contribution < 1.29 is 0 Å². The van der Waals surface area contributed by atoms with Gasteiger partial charge in [-0.25, -0.2) is 0 Å². The van der Waals surface area contributed by atoms with Crippen molar-refractivity contribution in [3.8, 4) is 0 Å². The average Bonchev–Trinajstić information content (AvgIpc) is 2.43. The summed E-state index contributed by atoms with van der Waals surface area (Å²) in [5.41, 5.74) is 6.62. The lowest BCUT2D eigenvalue weighted by Crippen LogP contribution is -1.98. The first-order valence-electron chi connectivity index (χ1n) is 7.17. The molecule has 2 heteroatoms. The van der Waals surface area contributed by atoms with Crippen LogP contribution in [0.1, 0.15) is 25.0 Å². The van der Waals surface area contributed by atoms with Gasteiger partial charge in [0, 0.05) is 17.1 Å². The topological polar surface area (TPSA) is 24.4 Å². The van der Waals surface area contributed by atoms with E-state index in [0.29, 0.717) is 0 Å². The number of aliphatic imine (C=N–C) groups is 1. The van der Waals surface area contributed by atoms with Gasteiger partial charge in [-0.2, -0.15) is 0 Å². The van der Waals surface area contributed by atoms with Gasteiger partial charge in [-0.3, -0.25) is 4.99 Å². The first-order valence-corrected chi connectivity index (χ1v) is 7.17. The average molecular weight is 278 g/mol. The zero-order valence-electron chi connectivity index (χ0n) is 13.1. The van der Waals surface area contributed by atoms with Crippen LogP contribution >= 0.6 is 0 Å². The second kappa shape index (κ2) is 6.89. The molecule has 0 aromatic heterocycles. The Bertz CT molecular complexity index is 667. The van der Waals surface area contributed by atoms with Crippen molar-refractivity contribution in [1.82, 2.24) is 0 Å². The Labute approximate surface area is 127 Å². The molecule has 0 aliphatic heterocycles. The van der Waals surface area contributed by atoms with Crippen LogP contribution in [0.5, 0.6) is 0 Å². The Hall–Kier alpha value is -2.35. The van der Waals surface area contributed by atoms with E-state index in [0.717, 1.165) is 22.8 Å². The van der Waals surface area contributed by atoms with Crippen LogP contribution in [0.3, 0.4) is 0 Å². The number of aryl methyl sites for hydroxylation is 2. The molecule has 0 radical (unpaired) electrons. The third kappa shape index (κ3) is 4.60. The summed E-state index contributed by atoms with van der Waals surface area (Å²) in [6, 6.07) is 16.5. The molecule has 2 rings (SSSR count). The molecule has 0 amide bonds. The van der Waals surface area contributed by atoms with E-state index in [-0.39, 0.29) is 0 Å². The summed E-state index contributed by atoms with van der Waals surface area (Å²) < 4.78 is 0. The van der Waals surface area contributed by atoms with Crippen LogP contribution in [0, 0.1) is 13.8 Å². The number of hydrogen-bond acceptors (Lipinski definition) is 2. The molecule has 2 aromatic carbocycles. The fourth-order valence-corrected chi connectivity index (χ4v) is 2.16. The Morgan fingerprint density at radius 1 is 1.00 bits per heavy atom. The predicted molar refractivity (Wildman–Crippen MR) is 92.5 cm³/mol. The number of hydrogen-bond donors (Lipinski definition) is 1. The first kappa shape index (κ1) is 15.0. The standard InChI is InChI=1S/C19H22N2/c1-14-10-11-15(2)19(12-14)21-17(4)13-16(3)20-18-8-6-5-7-9-18/h5-13,20H,1-4H3/b16-13-,21-17+. The maximum absolute atomic E-state index is 4.70. The van der Waals surface area contributed by atoms with Crippen LogP contribution in [0.4, 0.5) is 11.4 Å². The summed E-state index contributed by atoms with van der Waals surface area (Å²) >= 11 is 0. The molecule has 0 heterocycles. The molecule has 0 atom stereocenters. The van der Waals surface area contributed by atoms with Gasteiger partial charge >= 0.3 is 0 Å². The molecular weight excluding hydrogens is 256 g/mol. The highest BCUT2D eigenvalue weighted by atomic mass is 14.9. The van der Waals surface area contributed by atoms with Crippen LogP contribution in [0.25, 0.3) is 0 Å². The van der Waals surface area contributed by atoms with E-state index in [1.54, 1.807) is 0 Å². The first-order chi connectivity index (χ1) is 10.0. The van der Waals surface area contributed by atoms with Crippen molar-refractivity contribution in [2.24, 2.45) is 4.99 Å². The van der Waals surface area contributed by atoms with Gasteiger partial charge in [0.1, 0.15) is 0 Å². The number of nitrogens with zero attached hydrogens (tertiary/aromatic N) is 1. The second-order valence-corrected chi connectivity index (χ2v) is 5.36. The summed E-state index contributed by atoms with van der Waals surface area (Å²) in [4.78, 5) is 4.70. The van der Waals surface area contributed by atoms with Crippen molar-refractivity contribution in [1.29, 1.82) is 0 Å². The number of rotatable bonds is 4. The van der Waals surface area contributed by atoms with Gasteiger partial charge < -0.3 is 5.32 Å².